The van der Waals surface area contributed by atoms with E-state index in [1.807, 2.05) is 17.5 Å². The van der Waals surface area contributed by atoms with Crippen molar-refractivity contribution in [3.8, 4) is 10.8 Å². The van der Waals surface area contributed by atoms with Crippen molar-refractivity contribution < 1.29 is 14.2 Å². The number of rotatable bonds is 5. The van der Waals surface area contributed by atoms with Crippen molar-refractivity contribution in [3.05, 3.63) is 58.8 Å². The molecule has 3 heterocycles. The Balaban J connectivity index is 1.35. The maximum Gasteiger partial charge on any atom is 0.274 e. The fraction of sp³-hybridized carbons (Fsp3) is 0.400. The Kier molecular flexibility index (Phi) is 5.15. The molecule has 2 aromatic heterocycles. The van der Waals surface area contributed by atoms with Crippen LogP contribution in [-0.4, -0.2) is 36.4 Å². The van der Waals surface area contributed by atoms with Gasteiger partial charge in [-0.3, -0.25) is 0 Å². The molecule has 0 amide bonds. The van der Waals surface area contributed by atoms with Crippen LogP contribution < -0.4 is 9.80 Å². The summed E-state index contributed by atoms with van der Waals surface area (Å²) in [5, 5.41) is 10.6. The minimum absolute atomic E-state index is 0.247. The van der Waals surface area contributed by atoms with Gasteiger partial charge in [0.1, 0.15) is 32.7 Å². The molecule has 2 N–H and O–H groups in total. The molecule has 26 heavy (non-hydrogen) atoms. The molecule has 0 aliphatic carbocycles. The minimum Gasteiger partial charge on any atom is -0.414 e. The topological polar surface area (TPSA) is 47.8 Å². The van der Waals surface area contributed by atoms with E-state index < -0.39 is 0 Å². The summed E-state index contributed by atoms with van der Waals surface area (Å²) < 4.78 is 5.94. The van der Waals surface area contributed by atoms with Crippen LogP contribution in [0.1, 0.15) is 30.0 Å². The first-order chi connectivity index (χ1) is 12.7. The number of hydrogen-bond acceptors (Lipinski definition) is 4. The number of hydrogen-bond donors (Lipinski definition) is 2. The number of thiophene rings is 1. The maximum absolute atomic E-state index is 5.94. The molecule has 0 unspecified atom stereocenters. The van der Waals surface area contributed by atoms with Gasteiger partial charge in [-0.2, -0.15) is 0 Å². The van der Waals surface area contributed by atoms with Crippen LogP contribution in [0.5, 0.6) is 0 Å². The van der Waals surface area contributed by atoms with Gasteiger partial charge in [0.2, 0.25) is 0 Å². The van der Waals surface area contributed by atoms with E-state index in [2.05, 4.69) is 48.3 Å². The quantitative estimate of drug-likeness (QED) is 0.708. The highest BCUT2D eigenvalue weighted by molar-refractivity contribution is 7.13. The molecular formula is C20H26N4OS+2. The molecule has 0 radical (unpaired) electrons. The molecule has 1 aliphatic heterocycles. The Labute approximate surface area is 158 Å². The largest absolute Gasteiger partial charge is 0.414 e. The van der Waals surface area contributed by atoms with Gasteiger partial charge in [0.25, 0.3) is 11.8 Å². The summed E-state index contributed by atoms with van der Waals surface area (Å²) in [6.45, 7) is 10.2. The number of quaternary nitrogens is 2. The van der Waals surface area contributed by atoms with Gasteiger partial charge < -0.3 is 14.2 Å². The first-order valence-corrected chi connectivity index (χ1v) is 10.2. The Morgan fingerprint density at radius 2 is 1.88 bits per heavy atom. The maximum atomic E-state index is 5.94. The minimum atomic E-state index is 0.247. The lowest BCUT2D eigenvalue weighted by molar-refractivity contribution is -1.03. The van der Waals surface area contributed by atoms with Crippen molar-refractivity contribution in [2.75, 3.05) is 26.2 Å². The third-order valence-electron chi connectivity index (χ3n) is 5.46. The molecule has 5 nitrogen and oxygen atoms in total. The molecule has 0 spiro atoms. The van der Waals surface area contributed by atoms with Crippen LogP contribution in [0.4, 0.5) is 0 Å². The summed E-state index contributed by atoms with van der Waals surface area (Å²) in [6, 6.07) is 13.0. The predicted molar refractivity (Wildman–Crippen MR) is 102 cm³/mol. The lowest BCUT2D eigenvalue weighted by Crippen LogP contribution is -3.27. The van der Waals surface area contributed by atoms with Gasteiger partial charge in [0, 0.05) is 5.56 Å². The highest BCUT2D eigenvalue weighted by Crippen LogP contribution is 2.24. The zero-order chi connectivity index (χ0) is 17.9. The van der Waals surface area contributed by atoms with E-state index in [9.17, 15) is 0 Å². The lowest BCUT2D eigenvalue weighted by Gasteiger charge is -2.32. The zero-order valence-corrected chi connectivity index (χ0v) is 16.2. The van der Waals surface area contributed by atoms with E-state index in [-0.39, 0.29) is 6.04 Å². The molecule has 4 rings (SSSR count). The number of aryl methyl sites for hydroxylation is 1. The summed E-state index contributed by atoms with van der Waals surface area (Å²) in [4.78, 5) is 4.25. The standard InChI is InChI=1S/C20H24N4OS/c1-15-6-3-4-7-17(15)14-23-9-11-24(12-10-23)16(2)19-21-22-20(25-19)18-8-5-13-26-18/h3-8,13,16H,9-12,14H2,1-2H3/p+2/t16-/m0/s1. The average molecular weight is 371 g/mol. The number of nitrogens with one attached hydrogen (secondary N) is 2. The summed E-state index contributed by atoms with van der Waals surface area (Å²) >= 11 is 1.63. The van der Waals surface area contributed by atoms with E-state index in [1.54, 1.807) is 21.1 Å². The smallest absolute Gasteiger partial charge is 0.274 e. The van der Waals surface area contributed by atoms with Gasteiger partial charge >= 0.3 is 0 Å². The van der Waals surface area contributed by atoms with Crippen molar-refractivity contribution in [2.24, 2.45) is 0 Å². The van der Waals surface area contributed by atoms with Gasteiger partial charge in [0.05, 0.1) is 4.88 Å². The first-order valence-electron chi connectivity index (χ1n) is 9.30. The predicted octanol–water partition coefficient (Wildman–Crippen LogP) is 1.15. The molecule has 1 atom stereocenters. The molecule has 0 saturated carbocycles. The van der Waals surface area contributed by atoms with E-state index in [4.69, 9.17) is 4.42 Å². The molecule has 0 bridgehead atoms. The van der Waals surface area contributed by atoms with Gasteiger partial charge in [-0.05, 0) is 30.9 Å². The highest BCUT2D eigenvalue weighted by Gasteiger charge is 2.31. The Morgan fingerprint density at radius 3 is 2.62 bits per heavy atom. The van der Waals surface area contributed by atoms with Crippen molar-refractivity contribution in [1.82, 2.24) is 10.2 Å². The van der Waals surface area contributed by atoms with Crippen LogP contribution >= 0.6 is 11.3 Å². The van der Waals surface area contributed by atoms with Crippen LogP contribution in [0.15, 0.2) is 46.2 Å². The normalized spacial score (nSPS) is 21.6. The van der Waals surface area contributed by atoms with Crippen LogP contribution in [0.3, 0.4) is 0 Å². The SMILES string of the molecule is Cc1ccccc1C[NH+]1CC[NH+]([C@@H](C)c2nnc(-c3cccs3)o2)CC1. The van der Waals surface area contributed by atoms with Crippen molar-refractivity contribution in [2.45, 2.75) is 26.4 Å². The second kappa shape index (κ2) is 7.70. The van der Waals surface area contributed by atoms with Crippen LogP contribution in [-0.2, 0) is 6.54 Å². The lowest BCUT2D eigenvalue weighted by atomic mass is 10.1. The molecular weight excluding hydrogens is 344 g/mol. The third-order valence-corrected chi connectivity index (χ3v) is 6.31. The van der Waals surface area contributed by atoms with E-state index in [0.29, 0.717) is 5.89 Å². The van der Waals surface area contributed by atoms with Gasteiger partial charge in [0.15, 0.2) is 6.04 Å². The van der Waals surface area contributed by atoms with Crippen LogP contribution in [0, 0.1) is 6.92 Å². The monoisotopic (exact) mass is 370 g/mol. The Bertz CT molecular complexity index is 837. The second-order valence-corrected chi connectivity index (χ2v) is 8.10. The Morgan fingerprint density at radius 1 is 1.08 bits per heavy atom. The third kappa shape index (κ3) is 3.72. The van der Waals surface area contributed by atoms with Crippen LogP contribution in [0.25, 0.3) is 10.8 Å². The highest BCUT2D eigenvalue weighted by atomic mass is 32.1. The molecule has 1 fully saturated rings. The fourth-order valence-corrected chi connectivity index (χ4v) is 4.34. The van der Waals surface area contributed by atoms with E-state index >= 15 is 0 Å². The van der Waals surface area contributed by atoms with Crippen molar-refractivity contribution >= 4 is 11.3 Å². The number of nitrogens with zero attached hydrogens (tertiary/aromatic N) is 2. The second-order valence-electron chi connectivity index (χ2n) is 7.16. The summed E-state index contributed by atoms with van der Waals surface area (Å²) in [5.74, 6) is 1.40. The average Bonchev–Trinajstić information content (AvgIpc) is 3.35. The van der Waals surface area contributed by atoms with Crippen molar-refractivity contribution in [3.63, 3.8) is 0 Å². The van der Waals surface area contributed by atoms with Gasteiger partial charge in [-0.25, -0.2) is 0 Å². The summed E-state index contributed by atoms with van der Waals surface area (Å²) in [5.41, 5.74) is 2.87. The zero-order valence-electron chi connectivity index (χ0n) is 15.4. The molecule has 6 heteroatoms. The fourth-order valence-electron chi connectivity index (χ4n) is 3.70. The Hall–Kier alpha value is -2.02. The molecule has 136 valence electrons. The number of aromatic nitrogens is 2. The molecule has 1 aromatic carbocycles. The van der Waals surface area contributed by atoms with Gasteiger partial charge in [-0.1, -0.05) is 30.3 Å². The first kappa shape index (κ1) is 17.4. The molecule has 1 aliphatic rings. The molecule has 3 aromatic rings. The summed E-state index contributed by atoms with van der Waals surface area (Å²) in [7, 11) is 0. The van der Waals surface area contributed by atoms with Crippen LogP contribution in [0.2, 0.25) is 0 Å². The van der Waals surface area contributed by atoms with E-state index in [0.717, 1.165) is 30.4 Å². The van der Waals surface area contributed by atoms with Gasteiger partial charge in [-0.15, -0.1) is 21.5 Å². The van der Waals surface area contributed by atoms with E-state index in [1.165, 1.54) is 24.2 Å². The van der Waals surface area contributed by atoms with Crippen molar-refractivity contribution in [1.29, 1.82) is 0 Å². The molecule has 1 saturated heterocycles. The number of benzene rings is 1. The summed E-state index contributed by atoms with van der Waals surface area (Å²) in [6.07, 6.45) is 0. The number of piperazine rings is 1.